The molecule has 0 saturated heterocycles. The van der Waals surface area contributed by atoms with Crippen LogP contribution in [0.1, 0.15) is 47.5 Å². The fourth-order valence-corrected chi connectivity index (χ4v) is 1.09. The van der Waals surface area contributed by atoms with Crippen molar-refractivity contribution >= 4 is 0 Å². The zero-order valence-corrected chi connectivity index (χ0v) is 8.07. The van der Waals surface area contributed by atoms with Gasteiger partial charge in [0.2, 0.25) is 0 Å². The Morgan fingerprint density at radius 2 is 1.90 bits per heavy atom. The molecule has 1 atom stereocenters. The SMILES string of the molecule is C[CH]C(C)(C)C(C)CCC. The Balaban J connectivity index is 3.78. The van der Waals surface area contributed by atoms with Crippen LogP contribution in [0.15, 0.2) is 0 Å². The molecule has 0 heteroatoms. The minimum atomic E-state index is 0.427. The van der Waals surface area contributed by atoms with Crippen molar-refractivity contribution in [1.29, 1.82) is 0 Å². The third kappa shape index (κ3) is 2.72. The highest BCUT2D eigenvalue weighted by molar-refractivity contribution is 4.85. The van der Waals surface area contributed by atoms with Gasteiger partial charge in [0.1, 0.15) is 0 Å². The van der Waals surface area contributed by atoms with E-state index in [0.29, 0.717) is 5.41 Å². The summed E-state index contributed by atoms with van der Waals surface area (Å²) in [6.45, 7) is 11.4. The zero-order valence-electron chi connectivity index (χ0n) is 8.07. The molecule has 0 aromatic rings. The molecule has 0 rings (SSSR count). The Bertz CT molecular complexity index is 82.0. The van der Waals surface area contributed by atoms with Gasteiger partial charge in [0, 0.05) is 0 Å². The molecule has 0 nitrogen and oxygen atoms in total. The van der Waals surface area contributed by atoms with E-state index in [0.717, 1.165) is 5.92 Å². The molecule has 0 aromatic heterocycles. The van der Waals surface area contributed by atoms with Crippen molar-refractivity contribution < 1.29 is 0 Å². The van der Waals surface area contributed by atoms with Gasteiger partial charge in [0.25, 0.3) is 0 Å². The van der Waals surface area contributed by atoms with E-state index >= 15 is 0 Å². The lowest BCUT2D eigenvalue weighted by atomic mass is 9.76. The Hall–Kier alpha value is 0. The number of hydrogen-bond donors (Lipinski definition) is 0. The first-order valence-electron chi connectivity index (χ1n) is 4.35. The predicted molar refractivity (Wildman–Crippen MR) is 47.8 cm³/mol. The first-order chi connectivity index (χ1) is 4.54. The van der Waals surface area contributed by atoms with Gasteiger partial charge in [-0.05, 0) is 17.8 Å². The summed E-state index contributed by atoms with van der Waals surface area (Å²) in [7, 11) is 0. The molecule has 0 fully saturated rings. The van der Waals surface area contributed by atoms with Crippen LogP contribution in [0, 0.1) is 17.8 Å². The molecule has 0 spiro atoms. The highest BCUT2D eigenvalue weighted by atomic mass is 14.3. The largest absolute Gasteiger partial charge is 0.0654 e. The average Bonchev–Trinajstić information content (AvgIpc) is 1.89. The maximum Gasteiger partial charge on any atom is -0.0300 e. The van der Waals surface area contributed by atoms with E-state index in [9.17, 15) is 0 Å². The topological polar surface area (TPSA) is 0 Å². The van der Waals surface area contributed by atoms with E-state index in [1.54, 1.807) is 0 Å². The molecule has 0 N–H and O–H groups in total. The summed E-state index contributed by atoms with van der Waals surface area (Å²) in [5.41, 5.74) is 0.427. The van der Waals surface area contributed by atoms with E-state index in [1.807, 2.05) is 0 Å². The lowest BCUT2D eigenvalue weighted by Crippen LogP contribution is -2.20. The van der Waals surface area contributed by atoms with Crippen molar-refractivity contribution in [3.63, 3.8) is 0 Å². The van der Waals surface area contributed by atoms with Crippen LogP contribution in [-0.2, 0) is 0 Å². The van der Waals surface area contributed by atoms with Gasteiger partial charge in [-0.25, -0.2) is 0 Å². The molecule has 0 aromatic carbocycles. The number of hydrogen-bond acceptors (Lipinski definition) is 0. The van der Waals surface area contributed by atoms with Gasteiger partial charge in [0.05, 0.1) is 0 Å². The summed E-state index contributed by atoms with van der Waals surface area (Å²) < 4.78 is 0. The monoisotopic (exact) mass is 141 g/mol. The first kappa shape index (κ1) is 10.0. The minimum absolute atomic E-state index is 0.427. The lowest BCUT2D eigenvalue weighted by Gasteiger charge is -2.30. The maximum absolute atomic E-state index is 2.34. The molecule has 10 heavy (non-hydrogen) atoms. The standard InChI is InChI=1S/C10H21/c1-6-8-9(3)10(4,5)7-2/h7,9H,6,8H2,1-5H3. The van der Waals surface area contributed by atoms with E-state index in [-0.39, 0.29) is 0 Å². The molecular weight excluding hydrogens is 120 g/mol. The molecule has 0 amide bonds. The van der Waals surface area contributed by atoms with Gasteiger partial charge in [-0.1, -0.05) is 47.5 Å². The van der Waals surface area contributed by atoms with Crippen molar-refractivity contribution in [2.45, 2.75) is 47.5 Å². The quantitative estimate of drug-likeness (QED) is 0.560. The molecule has 0 heterocycles. The second-order valence-corrected chi connectivity index (χ2v) is 3.80. The number of rotatable bonds is 4. The van der Waals surface area contributed by atoms with Crippen molar-refractivity contribution in [3.8, 4) is 0 Å². The van der Waals surface area contributed by atoms with E-state index in [2.05, 4.69) is 41.0 Å². The van der Waals surface area contributed by atoms with Crippen LogP contribution in [0.3, 0.4) is 0 Å². The molecule has 1 radical (unpaired) electrons. The van der Waals surface area contributed by atoms with Gasteiger partial charge in [-0.2, -0.15) is 0 Å². The Labute approximate surface area is 66.0 Å². The second kappa shape index (κ2) is 4.00. The normalized spacial score (nSPS) is 15.3. The van der Waals surface area contributed by atoms with Crippen LogP contribution in [0.2, 0.25) is 0 Å². The van der Waals surface area contributed by atoms with Gasteiger partial charge in [-0.15, -0.1) is 0 Å². The smallest absolute Gasteiger partial charge is 0.0300 e. The molecule has 0 saturated carbocycles. The molecular formula is C10H21. The average molecular weight is 141 g/mol. The molecule has 0 bridgehead atoms. The van der Waals surface area contributed by atoms with Gasteiger partial charge < -0.3 is 0 Å². The molecule has 0 aliphatic rings. The summed E-state index contributed by atoms with van der Waals surface area (Å²) >= 11 is 0. The minimum Gasteiger partial charge on any atom is -0.0654 e. The zero-order chi connectivity index (χ0) is 8.20. The van der Waals surface area contributed by atoms with Crippen LogP contribution in [-0.4, -0.2) is 0 Å². The van der Waals surface area contributed by atoms with Crippen LogP contribution in [0.25, 0.3) is 0 Å². The van der Waals surface area contributed by atoms with Crippen LogP contribution in [0.5, 0.6) is 0 Å². The molecule has 0 aliphatic carbocycles. The summed E-state index contributed by atoms with van der Waals surface area (Å²) in [6.07, 6.45) is 4.96. The van der Waals surface area contributed by atoms with Crippen LogP contribution in [0.4, 0.5) is 0 Å². The van der Waals surface area contributed by atoms with Crippen LogP contribution >= 0.6 is 0 Å². The second-order valence-electron chi connectivity index (χ2n) is 3.80. The van der Waals surface area contributed by atoms with Gasteiger partial charge in [-0.3, -0.25) is 0 Å². The first-order valence-corrected chi connectivity index (χ1v) is 4.35. The fourth-order valence-electron chi connectivity index (χ4n) is 1.09. The molecule has 61 valence electrons. The third-order valence-electron chi connectivity index (χ3n) is 2.74. The Kier molecular flexibility index (Phi) is 4.00. The summed E-state index contributed by atoms with van der Waals surface area (Å²) in [6, 6.07) is 0. The lowest BCUT2D eigenvalue weighted by molar-refractivity contribution is 0.263. The molecule has 1 unspecified atom stereocenters. The molecule has 0 aliphatic heterocycles. The van der Waals surface area contributed by atoms with Crippen LogP contribution < -0.4 is 0 Å². The van der Waals surface area contributed by atoms with Crippen molar-refractivity contribution in [3.05, 3.63) is 6.42 Å². The Morgan fingerprint density at radius 3 is 2.20 bits per heavy atom. The van der Waals surface area contributed by atoms with Crippen molar-refractivity contribution in [2.75, 3.05) is 0 Å². The third-order valence-corrected chi connectivity index (χ3v) is 2.74. The summed E-state index contributed by atoms with van der Waals surface area (Å²) in [4.78, 5) is 0. The van der Waals surface area contributed by atoms with Gasteiger partial charge >= 0.3 is 0 Å². The summed E-state index contributed by atoms with van der Waals surface area (Å²) in [5.74, 6) is 0.822. The van der Waals surface area contributed by atoms with Crippen molar-refractivity contribution in [2.24, 2.45) is 11.3 Å². The predicted octanol–water partition coefficient (Wildman–Crippen LogP) is 3.67. The maximum atomic E-state index is 2.34. The highest BCUT2D eigenvalue weighted by Crippen LogP contribution is 2.32. The van der Waals surface area contributed by atoms with E-state index < -0.39 is 0 Å². The van der Waals surface area contributed by atoms with E-state index in [4.69, 9.17) is 0 Å². The highest BCUT2D eigenvalue weighted by Gasteiger charge is 2.22. The summed E-state index contributed by atoms with van der Waals surface area (Å²) in [5, 5.41) is 0. The van der Waals surface area contributed by atoms with Crippen molar-refractivity contribution in [1.82, 2.24) is 0 Å². The van der Waals surface area contributed by atoms with E-state index in [1.165, 1.54) is 12.8 Å². The van der Waals surface area contributed by atoms with Gasteiger partial charge in [0.15, 0.2) is 0 Å². The fraction of sp³-hybridized carbons (Fsp3) is 0.900. The Morgan fingerprint density at radius 1 is 1.40 bits per heavy atom.